The fourth-order valence-electron chi connectivity index (χ4n) is 3.45. The van der Waals surface area contributed by atoms with Crippen LogP contribution in [-0.4, -0.2) is 29.6 Å². The molecule has 1 unspecified atom stereocenters. The minimum Gasteiger partial charge on any atom is -0.361 e. The standard InChI is InChI=1S/C21H24N2S3/c1-24-18-4-5-20-19(12-18)16(13-23-20)14-25-10-7-17-11-15(6-8-22-17)21-3-2-9-26-21/h2-6,9,12-13,17,22-23H,7-8,10-11,14H2,1H3. The van der Waals surface area contributed by atoms with Gasteiger partial charge in [0.05, 0.1) is 0 Å². The van der Waals surface area contributed by atoms with Crippen molar-refractivity contribution in [2.45, 2.75) is 29.5 Å². The molecule has 1 aliphatic rings. The van der Waals surface area contributed by atoms with E-state index in [-0.39, 0.29) is 0 Å². The fourth-order valence-corrected chi connectivity index (χ4v) is 5.72. The van der Waals surface area contributed by atoms with E-state index in [0.29, 0.717) is 6.04 Å². The highest BCUT2D eigenvalue weighted by atomic mass is 32.2. The molecule has 2 aromatic heterocycles. The van der Waals surface area contributed by atoms with Crippen LogP contribution in [0.2, 0.25) is 0 Å². The molecule has 3 aromatic rings. The Morgan fingerprint density at radius 3 is 3.08 bits per heavy atom. The molecule has 0 spiro atoms. The molecule has 3 heterocycles. The summed E-state index contributed by atoms with van der Waals surface area (Å²) in [5.74, 6) is 2.28. The van der Waals surface area contributed by atoms with Gasteiger partial charge >= 0.3 is 0 Å². The van der Waals surface area contributed by atoms with Gasteiger partial charge in [0.25, 0.3) is 0 Å². The third kappa shape index (κ3) is 4.22. The molecule has 136 valence electrons. The lowest BCUT2D eigenvalue weighted by Gasteiger charge is -2.23. The predicted octanol–water partition coefficient (Wildman–Crippen LogP) is 6.02. The highest BCUT2D eigenvalue weighted by Gasteiger charge is 2.16. The number of aromatic nitrogens is 1. The van der Waals surface area contributed by atoms with Crippen molar-refractivity contribution in [2.75, 3.05) is 18.6 Å². The summed E-state index contributed by atoms with van der Waals surface area (Å²) >= 11 is 5.71. The monoisotopic (exact) mass is 400 g/mol. The Kier molecular flexibility index (Phi) is 6.10. The van der Waals surface area contributed by atoms with E-state index in [0.717, 1.165) is 18.7 Å². The maximum absolute atomic E-state index is 3.66. The third-order valence-corrected chi connectivity index (χ3v) is 7.61. The van der Waals surface area contributed by atoms with Crippen LogP contribution in [0, 0.1) is 0 Å². The van der Waals surface area contributed by atoms with Crippen LogP contribution in [0.25, 0.3) is 16.5 Å². The lowest BCUT2D eigenvalue weighted by atomic mass is 9.99. The van der Waals surface area contributed by atoms with Crippen LogP contribution in [0.4, 0.5) is 0 Å². The van der Waals surface area contributed by atoms with Crippen molar-refractivity contribution in [3.05, 3.63) is 58.4 Å². The van der Waals surface area contributed by atoms with E-state index in [9.17, 15) is 0 Å². The average Bonchev–Trinajstić information content (AvgIpc) is 3.35. The Morgan fingerprint density at radius 1 is 1.27 bits per heavy atom. The molecule has 1 aliphatic heterocycles. The van der Waals surface area contributed by atoms with Gasteiger partial charge in [0, 0.05) is 45.2 Å². The van der Waals surface area contributed by atoms with Crippen molar-refractivity contribution in [2.24, 2.45) is 0 Å². The van der Waals surface area contributed by atoms with Crippen LogP contribution in [0.3, 0.4) is 0 Å². The Bertz CT molecular complexity index is 880. The van der Waals surface area contributed by atoms with Crippen molar-refractivity contribution in [3.8, 4) is 0 Å². The second kappa shape index (κ2) is 8.70. The molecule has 0 radical (unpaired) electrons. The van der Waals surface area contributed by atoms with Crippen LogP contribution in [-0.2, 0) is 5.75 Å². The maximum atomic E-state index is 3.66. The summed E-state index contributed by atoms with van der Waals surface area (Å²) in [4.78, 5) is 6.18. The molecule has 0 amide bonds. The number of rotatable bonds is 7. The average molecular weight is 401 g/mol. The molecule has 0 saturated carbocycles. The normalized spacial score (nSPS) is 17.6. The first-order chi connectivity index (χ1) is 12.8. The van der Waals surface area contributed by atoms with Crippen LogP contribution in [0.5, 0.6) is 0 Å². The molecule has 5 heteroatoms. The molecule has 26 heavy (non-hydrogen) atoms. The van der Waals surface area contributed by atoms with E-state index in [1.807, 2.05) is 34.9 Å². The smallest absolute Gasteiger partial charge is 0.0457 e. The summed E-state index contributed by atoms with van der Waals surface area (Å²) in [6, 6.07) is 11.7. The summed E-state index contributed by atoms with van der Waals surface area (Å²) in [6.07, 6.45) is 9.05. The van der Waals surface area contributed by atoms with E-state index in [2.05, 4.69) is 64.5 Å². The van der Waals surface area contributed by atoms with Gasteiger partial charge in [0.1, 0.15) is 0 Å². The van der Waals surface area contributed by atoms with Gasteiger partial charge in [-0.1, -0.05) is 12.1 Å². The minimum atomic E-state index is 0.607. The van der Waals surface area contributed by atoms with Crippen LogP contribution < -0.4 is 5.32 Å². The molecular weight excluding hydrogens is 376 g/mol. The Hall–Kier alpha value is -1.14. The summed E-state index contributed by atoms with van der Waals surface area (Å²) in [6.45, 7) is 1.00. The predicted molar refractivity (Wildman–Crippen MR) is 120 cm³/mol. The van der Waals surface area contributed by atoms with Gasteiger partial charge in [-0.3, -0.25) is 0 Å². The zero-order valence-electron chi connectivity index (χ0n) is 15.0. The highest BCUT2D eigenvalue weighted by Crippen LogP contribution is 2.29. The van der Waals surface area contributed by atoms with Crippen molar-refractivity contribution < 1.29 is 0 Å². The second-order valence-electron chi connectivity index (χ2n) is 6.58. The minimum absolute atomic E-state index is 0.607. The van der Waals surface area contributed by atoms with Gasteiger partial charge in [-0.15, -0.1) is 23.1 Å². The Morgan fingerprint density at radius 2 is 2.23 bits per heavy atom. The molecule has 0 aliphatic carbocycles. The molecular formula is C21H24N2S3. The van der Waals surface area contributed by atoms with E-state index in [1.54, 1.807) is 0 Å². The molecule has 1 atom stereocenters. The topological polar surface area (TPSA) is 27.8 Å². The number of aromatic amines is 1. The quantitative estimate of drug-likeness (QED) is 0.375. The maximum Gasteiger partial charge on any atom is 0.0457 e. The summed E-state index contributed by atoms with van der Waals surface area (Å²) in [7, 11) is 0. The van der Waals surface area contributed by atoms with Crippen molar-refractivity contribution in [1.29, 1.82) is 0 Å². The number of thiophene rings is 1. The number of H-pyrrole nitrogens is 1. The zero-order valence-corrected chi connectivity index (χ0v) is 17.4. The molecule has 0 bridgehead atoms. The number of nitrogens with one attached hydrogen (secondary N) is 2. The van der Waals surface area contributed by atoms with Crippen molar-refractivity contribution in [1.82, 2.24) is 10.3 Å². The van der Waals surface area contributed by atoms with E-state index < -0.39 is 0 Å². The molecule has 0 fully saturated rings. The molecule has 2 nitrogen and oxygen atoms in total. The first-order valence-corrected chi connectivity index (χ1v) is 12.3. The lowest BCUT2D eigenvalue weighted by molar-refractivity contribution is 0.525. The number of thioether (sulfide) groups is 2. The van der Waals surface area contributed by atoms with Crippen LogP contribution in [0.1, 0.15) is 23.3 Å². The number of hydrogen-bond donors (Lipinski definition) is 2. The number of benzene rings is 1. The summed E-state index contributed by atoms with van der Waals surface area (Å²) < 4.78 is 0. The van der Waals surface area contributed by atoms with E-state index in [4.69, 9.17) is 0 Å². The molecule has 0 saturated heterocycles. The zero-order chi connectivity index (χ0) is 17.8. The Balaban J connectivity index is 1.29. The van der Waals surface area contributed by atoms with Gasteiger partial charge in [0.2, 0.25) is 0 Å². The van der Waals surface area contributed by atoms with Gasteiger partial charge in [-0.2, -0.15) is 11.8 Å². The Labute approximate surface area is 167 Å². The first kappa shape index (κ1) is 18.2. The molecule has 4 rings (SSSR count). The molecule has 2 N–H and O–H groups in total. The molecule has 1 aromatic carbocycles. The number of hydrogen-bond acceptors (Lipinski definition) is 4. The van der Waals surface area contributed by atoms with Crippen molar-refractivity contribution in [3.63, 3.8) is 0 Å². The lowest BCUT2D eigenvalue weighted by Crippen LogP contribution is -2.33. The van der Waals surface area contributed by atoms with Gasteiger partial charge in [-0.05, 0) is 65.6 Å². The second-order valence-corrected chi connectivity index (χ2v) is 9.52. The van der Waals surface area contributed by atoms with Crippen LogP contribution in [0.15, 0.2) is 52.9 Å². The van der Waals surface area contributed by atoms with Crippen LogP contribution >= 0.6 is 34.9 Å². The summed E-state index contributed by atoms with van der Waals surface area (Å²) in [5.41, 5.74) is 4.20. The fraction of sp³-hybridized carbons (Fsp3) is 0.333. The van der Waals surface area contributed by atoms with Gasteiger partial charge in [0.15, 0.2) is 0 Å². The van der Waals surface area contributed by atoms with E-state index >= 15 is 0 Å². The van der Waals surface area contributed by atoms with E-state index in [1.165, 1.54) is 44.0 Å². The highest BCUT2D eigenvalue weighted by molar-refractivity contribution is 7.98. The van der Waals surface area contributed by atoms with Gasteiger partial charge in [-0.25, -0.2) is 0 Å². The third-order valence-electron chi connectivity index (χ3n) is 4.90. The summed E-state index contributed by atoms with van der Waals surface area (Å²) in [5, 5.41) is 7.21. The SMILES string of the molecule is CSc1ccc2[nH]cc(CSCCC3CC(c4cccs4)=CCN3)c2c1. The number of fused-ring (bicyclic) bond motifs is 1. The largest absolute Gasteiger partial charge is 0.361 e. The first-order valence-electron chi connectivity index (χ1n) is 9.01. The van der Waals surface area contributed by atoms with Gasteiger partial charge < -0.3 is 10.3 Å². The van der Waals surface area contributed by atoms with Crippen molar-refractivity contribution >= 4 is 51.3 Å².